The van der Waals surface area contributed by atoms with E-state index in [0.29, 0.717) is 5.56 Å². The van der Waals surface area contributed by atoms with Crippen LogP contribution in [-0.2, 0) is 0 Å². The molecule has 188 valence electrons. The highest BCUT2D eigenvalue weighted by molar-refractivity contribution is 7.00. The van der Waals surface area contributed by atoms with Crippen molar-refractivity contribution >= 4 is 44.4 Å². The van der Waals surface area contributed by atoms with Crippen molar-refractivity contribution in [2.24, 2.45) is 0 Å². The maximum atomic E-state index is 9.75. The molecule has 0 bridgehead atoms. The Labute approximate surface area is 239 Å². The second kappa shape index (κ2) is 9.67. The summed E-state index contributed by atoms with van der Waals surface area (Å²) in [5.74, 6) is 0. The molecule has 7 heteroatoms. The molecule has 41 heavy (non-hydrogen) atoms. The first-order valence-corrected chi connectivity index (χ1v) is 13.5. The van der Waals surface area contributed by atoms with Gasteiger partial charge in [-0.2, -0.15) is 24.5 Å². The van der Waals surface area contributed by atoms with E-state index in [1.54, 1.807) is 0 Å². The molecular weight excluding hydrogens is 524 g/mol. The van der Waals surface area contributed by atoms with Crippen molar-refractivity contribution in [3.63, 3.8) is 0 Å². The SMILES string of the molecule is N#Cc1cc(C#N)c(-c2ccc(-c3cc4c(-c5ccccc5)nc5ccccc5c4c4nsnc34)cc2)c(C#N)c1. The molecule has 5 aromatic carbocycles. The highest BCUT2D eigenvalue weighted by Gasteiger charge is 2.19. The first kappa shape index (κ1) is 24.1. The highest BCUT2D eigenvalue weighted by Crippen LogP contribution is 2.41. The summed E-state index contributed by atoms with van der Waals surface area (Å²) in [5, 5.41) is 31.9. The molecule has 2 heterocycles. The lowest BCUT2D eigenvalue weighted by Crippen LogP contribution is -1.94. The largest absolute Gasteiger partial charge is 0.247 e. The van der Waals surface area contributed by atoms with Crippen LogP contribution in [0.25, 0.3) is 66.2 Å². The number of aromatic nitrogens is 3. The number of benzene rings is 5. The Morgan fingerprint density at radius 2 is 1.24 bits per heavy atom. The topological polar surface area (TPSA) is 110 Å². The summed E-state index contributed by atoms with van der Waals surface area (Å²) in [6.07, 6.45) is 0. The molecule has 0 aliphatic rings. The molecule has 0 saturated heterocycles. The number of nitriles is 3. The zero-order valence-corrected chi connectivity index (χ0v) is 22.1. The molecule has 2 aromatic heterocycles. The van der Waals surface area contributed by atoms with Crippen LogP contribution >= 0.6 is 11.7 Å². The van der Waals surface area contributed by atoms with E-state index >= 15 is 0 Å². The van der Waals surface area contributed by atoms with Crippen LogP contribution in [0.4, 0.5) is 0 Å². The van der Waals surface area contributed by atoms with Crippen molar-refractivity contribution in [3.05, 3.63) is 114 Å². The first-order chi connectivity index (χ1) is 20.2. The maximum Gasteiger partial charge on any atom is 0.114 e. The molecule has 0 radical (unpaired) electrons. The smallest absolute Gasteiger partial charge is 0.114 e. The molecule has 0 atom stereocenters. The van der Waals surface area contributed by atoms with Gasteiger partial charge in [0, 0.05) is 32.8 Å². The summed E-state index contributed by atoms with van der Waals surface area (Å²) in [5.41, 5.74) is 8.35. The van der Waals surface area contributed by atoms with Crippen LogP contribution in [0.2, 0.25) is 0 Å². The fourth-order valence-corrected chi connectivity index (χ4v) is 5.98. The third-order valence-corrected chi connectivity index (χ3v) is 7.77. The quantitative estimate of drug-likeness (QED) is 0.210. The Balaban J connectivity index is 1.48. The predicted octanol–water partition coefficient (Wildman–Crippen LogP) is 8.01. The molecule has 7 rings (SSSR count). The molecule has 0 saturated carbocycles. The number of rotatable bonds is 3. The fourth-order valence-electron chi connectivity index (χ4n) is 5.41. The minimum atomic E-state index is 0.281. The molecule has 0 fully saturated rings. The van der Waals surface area contributed by atoms with Crippen LogP contribution in [0, 0.1) is 34.0 Å². The Kier molecular flexibility index (Phi) is 5.69. The minimum Gasteiger partial charge on any atom is -0.247 e. The molecular formula is C34H16N6S. The van der Waals surface area contributed by atoms with Gasteiger partial charge in [0.05, 0.1) is 57.8 Å². The average Bonchev–Trinajstić information content (AvgIpc) is 3.54. The van der Waals surface area contributed by atoms with Crippen LogP contribution in [0.1, 0.15) is 16.7 Å². The molecule has 0 unspecified atom stereocenters. The maximum absolute atomic E-state index is 9.75. The third-order valence-electron chi connectivity index (χ3n) is 7.24. The van der Waals surface area contributed by atoms with Gasteiger partial charge in [-0.05, 0) is 35.4 Å². The first-order valence-electron chi connectivity index (χ1n) is 12.7. The summed E-state index contributed by atoms with van der Waals surface area (Å²) in [4.78, 5) is 5.08. The van der Waals surface area contributed by atoms with Crippen LogP contribution in [0.5, 0.6) is 0 Å². The summed E-state index contributed by atoms with van der Waals surface area (Å²) in [7, 11) is 0. The van der Waals surface area contributed by atoms with E-state index in [1.807, 2.05) is 66.7 Å². The monoisotopic (exact) mass is 540 g/mol. The second-order valence-corrected chi connectivity index (χ2v) is 10.0. The van der Waals surface area contributed by atoms with Gasteiger partial charge in [0.1, 0.15) is 11.0 Å². The van der Waals surface area contributed by atoms with E-state index in [1.165, 1.54) is 23.9 Å². The molecule has 0 aliphatic carbocycles. The Hall–Kier alpha value is -5.94. The summed E-state index contributed by atoms with van der Waals surface area (Å²) >= 11 is 1.18. The molecule has 0 amide bonds. The zero-order chi connectivity index (χ0) is 27.9. The van der Waals surface area contributed by atoms with Crippen LogP contribution in [0.3, 0.4) is 0 Å². The predicted molar refractivity (Wildman–Crippen MR) is 161 cm³/mol. The Bertz CT molecular complexity index is 2250. The minimum absolute atomic E-state index is 0.281. The van der Waals surface area contributed by atoms with Gasteiger partial charge in [0.15, 0.2) is 0 Å². The lowest BCUT2D eigenvalue weighted by molar-refractivity contribution is 1.41. The standard InChI is InChI=1S/C34H16N6S/c35-17-20-14-24(18-36)30(25(15-20)19-37)22-12-10-21(11-13-22)27-16-28-31(34-33(27)39-41-40-34)26-8-4-5-9-29(26)38-32(28)23-6-2-1-3-7-23/h1-16H. The second-order valence-electron chi connectivity index (χ2n) is 9.51. The molecule has 0 N–H and O–H groups in total. The summed E-state index contributed by atoms with van der Waals surface area (Å²) in [6, 6.07) is 37.4. The van der Waals surface area contributed by atoms with Crippen molar-refractivity contribution in [2.75, 3.05) is 0 Å². The van der Waals surface area contributed by atoms with Crippen LogP contribution < -0.4 is 0 Å². The molecule has 6 nitrogen and oxygen atoms in total. The Morgan fingerprint density at radius 1 is 0.585 bits per heavy atom. The number of fused-ring (bicyclic) bond motifs is 5. The van der Waals surface area contributed by atoms with Crippen molar-refractivity contribution in [1.82, 2.24) is 13.7 Å². The van der Waals surface area contributed by atoms with Gasteiger partial charge >= 0.3 is 0 Å². The number of hydrogen-bond acceptors (Lipinski definition) is 7. The van der Waals surface area contributed by atoms with E-state index in [9.17, 15) is 15.8 Å². The van der Waals surface area contributed by atoms with Gasteiger partial charge < -0.3 is 0 Å². The van der Waals surface area contributed by atoms with E-state index in [2.05, 4.69) is 36.4 Å². The van der Waals surface area contributed by atoms with Gasteiger partial charge in [-0.3, -0.25) is 0 Å². The number of hydrogen-bond donors (Lipinski definition) is 0. The molecule has 7 aromatic rings. The summed E-state index contributed by atoms with van der Waals surface area (Å²) < 4.78 is 9.45. The highest BCUT2D eigenvalue weighted by atomic mass is 32.1. The van der Waals surface area contributed by atoms with Gasteiger partial charge in [-0.15, -0.1) is 0 Å². The van der Waals surface area contributed by atoms with E-state index in [4.69, 9.17) is 13.7 Å². The number of pyridine rings is 1. The van der Waals surface area contributed by atoms with Crippen LogP contribution in [0.15, 0.2) is 97.1 Å². The third kappa shape index (κ3) is 3.87. The Morgan fingerprint density at radius 3 is 1.95 bits per heavy atom. The van der Waals surface area contributed by atoms with Crippen molar-refractivity contribution in [1.29, 1.82) is 15.8 Å². The van der Waals surface area contributed by atoms with Crippen molar-refractivity contribution in [3.8, 4) is 51.7 Å². The lowest BCUT2D eigenvalue weighted by atomic mass is 9.91. The normalized spacial score (nSPS) is 10.9. The van der Waals surface area contributed by atoms with Gasteiger partial charge in [0.2, 0.25) is 0 Å². The lowest BCUT2D eigenvalue weighted by Gasteiger charge is -2.13. The van der Waals surface area contributed by atoms with Gasteiger partial charge in [0.25, 0.3) is 0 Å². The number of nitrogens with zero attached hydrogens (tertiary/aromatic N) is 6. The fraction of sp³-hybridized carbons (Fsp3) is 0. The van der Waals surface area contributed by atoms with Gasteiger partial charge in [-0.25, -0.2) is 4.98 Å². The van der Waals surface area contributed by atoms with E-state index in [-0.39, 0.29) is 16.7 Å². The average molecular weight is 541 g/mol. The van der Waals surface area contributed by atoms with Gasteiger partial charge in [-0.1, -0.05) is 72.8 Å². The molecule has 0 spiro atoms. The summed E-state index contributed by atoms with van der Waals surface area (Å²) in [6.45, 7) is 0. The van der Waals surface area contributed by atoms with E-state index < -0.39 is 0 Å². The van der Waals surface area contributed by atoms with Crippen molar-refractivity contribution < 1.29 is 0 Å². The van der Waals surface area contributed by atoms with E-state index in [0.717, 1.165) is 60.7 Å². The van der Waals surface area contributed by atoms with Crippen molar-refractivity contribution in [2.45, 2.75) is 0 Å². The molecule has 0 aliphatic heterocycles. The van der Waals surface area contributed by atoms with Crippen LogP contribution in [-0.4, -0.2) is 13.7 Å². The number of para-hydroxylation sites is 1. The zero-order valence-electron chi connectivity index (χ0n) is 21.3.